The number of aliphatic carboxylic acids is 1. The largest absolute Gasteiger partial charge is 0.497 e. The molecule has 0 bridgehead atoms. The summed E-state index contributed by atoms with van der Waals surface area (Å²) in [6, 6.07) is 13.5. The second-order valence-corrected chi connectivity index (χ2v) is 4.73. The van der Waals surface area contributed by atoms with Gasteiger partial charge in [-0.3, -0.25) is 4.79 Å². The Morgan fingerprint density at radius 1 is 1.09 bits per heavy atom. The van der Waals surface area contributed by atoms with E-state index in [0.29, 0.717) is 22.6 Å². The first-order valence-corrected chi connectivity index (χ1v) is 6.88. The molecule has 1 N–H and O–H groups in total. The van der Waals surface area contributed by atoms with Crippen LogP contribution in [0.25, 0.3) is 11.6 Å². The maximum Gasteiger partial charge on any atom is 0.336 e. The van der Waals surface area contributed by atoms with Crippen LogP contribution < -0.4 is 9.47 Å². The van der Waals surface area contributed by atoms with Crippen molar-refractivity contribution < 1.29 is 24.2 Å². The number of ether oxygens (including phenoxy) is 2. The third-order valence-electron chi connectivity index (χ3n) is 3.08. The number of carbonyl (C=O) groups excluding carboxylic acids is 1. The van der Waals surface area contributed by atoms with Crippen molar-refractivity contribution in [2.75, 3.05) is 7.11 Å². The molecule has 0 saturated heterocycles. The Bertz CT molecular complexity index is 762. The van der Waals surface area contributed by atoms with Crippen LogP contribution in [0.2, 0.25) is 0 Å². The average Bonchev–Trinajstić information content (AvgIpc) is 2.53. The summed E-state index contributed by atoms with van der Waals surface area (Å²) in [6.07, 6.45) is 1.47. The van der Waals surface area contributed by atoms with Crippen LogP contribution in [0.15, 0.2) is 48.5 Å². The van der Waals surface area contributed by atoms with Crippen molar-refractivity contribution >= 4 is 23.6 Å². The van der Waals surface area contributed by atoms with Crippen molar-refractivity contribution in [3.63, 3.8) is 0 Å². The van der Waals surface area contributed by atoms with Crippen molar-refractivity contribution in [3.05, 3.63) is 59.7 Å². The molecular weight excluding hydrogens is 296 g/mol. The Hall–Kier alpha value is -3.08. The minimum Gasteiger partial charge on any atom is -0.497 e. The summed E-state index contributed by atoms with van der Waals surface area (Å²) >= 11 is 0. The Balaban J connectivity index is 2.51. The summed E-state index contributed by atoms with van der Waals surface area (Å²) in [4.78, 5) is 22.8. The standard InChI is InChI=1S/C18H16O5/c1-12(19)23-17-9-4-3-6-14(17)11-16(18(20)21)13-7-5-8-15(10-13)22-2/h3-11H,1-2H3,(H,20,21)/b16-11+. The summed E-state index contributed by atoms with van der Waals surface area (Å²) in [5.41, 5.74) is 1.07. The Kier molecular flexibility index (Phi) is 5.15. The second-order valence-electron chi connectivity index (χ2n) is 4.73. The molecule has 2 aromatic rings. The first kappa shape index (κ1) is 16.3. The van der Waals surface area contributed by atoms with Crippen LogP contribution in [0.5, 0.6) is 11.5 Å². The van der Waals surface area contributed by atoms with Crippen molar-refractivity contribution in [1.82, 2.24) is 0 Å². The molecule has 0 amide bonds. The van der Waals surface area contributed by atoms with Gasteiger partial charge in [-0.2, -0.15) is 0 Å². The van der Waals surface area contributed by atoms with Crippen LogP contribution in [0.3, 0.4) is 0 Å². The van der Waals surface area contributed by atoms with Gasteiger partial charge in [0.25, 0.3) is 0 Å². The fourth-order valence-electron chi connectivity index (χ4n) is 2.06. The van der Waals surface area contributed by atoms with Crippen LogP contribution in [0.1, 0.15) is 18.1 Å². The molecule has 0 radical (unpaired) electrons. The predicted molar refractivity (Wildman–Crippen MR) is 86.3 cm³/mol. The normalized spacial score (nSPS) is 11.0. The zero-order valence-electron chi connectivity index (χ0n) is 12.8. The molecule has 0 unspecified atom stereocenters. The van der Waals surface area contributed by atoms with E-state index in [1.807, 2.05) is 0 Å². The van der Waals surface area contributed by atoms with Crippen LogP contribution in [-0.4, -0.2) is 24.2 Å². The molecule has 0 aliphatic rings. The summed E-state index contributed by atoms with van der Waals surface area (Å²) in [5.74, 6) is -0.690. The average molecular weight is 312 g/mol. The van der Waals surface area contributed by atoms with Gasteiger partial charge in [0.1, 0.15) is 11.5 Å². The third kappa shape index (κ3) is 4.20. The monoisotopic (exact) mass is 312 g/mol. The summed E-state index contributed by atoms with van der Waals surface area (Å²) in [5, 5.41) is 9.51. The lowest BCUT2D eigenvalue weighted by molar-refractivity contribution is -0.132. The molecule has 23 heavy (non-hydrogen) atoms. The predicted octanol–water partition coefficient (Wildman–Crippen LogP) is 3.25. The molecule has 5 nitrogen and oxygen atoms in total. The zero-order chi connectivity index (χ0) is 16.8. The minimum absolute atomic E-state index is 0.0727. The number of esters is 1. The fraction of sp³-hybridized carbons (Fsp3) is 0.111. The number of hydrogen-bond donors (Lipinski definition) is 1. The lowest BCUT2D eigenvalue weighted by Crippen LogP contribution is -2.04. The van der Waals surface area contributed by atoms with E-state index in [1.54, 1.807) is 48.5 Å². The van der Waals surface area contributed by atoms with Crippen molar-refractivity contribution in [3.8, 4) is 11.5 Å². The summed E-state index contributed by atoms with van der Waals surface area (Å²) in [7, 11) is 1.51. The Morgan fingerprint density at radius 2 is 1.83 bits per heavy atom. The second kappa shape index (κ2) is 7.26. The van der Waals surface area contributed by atoms with Gasteiger partial charge in [0.15, 0.2) is 0 Å². The smallest absolute Gasteiger partial charge is 0.336 e. The fourth-order valence-corrected chi connectivity index (χ4v) is 2.06. The van der Waals surface area contributed by atoms with Gasteiger partial charge in [-0.1, -0.05) is 30.3 Å². The van der Waals surface area contributed by atoms with Crippen LogP contribution in [0.4, 0.5) is 0 Å². The SMILES string of the molecule is COc1cccc(/C(=C\c2ccccc2OC(C)=O)C(=O)O)c1. The van der Waals surface area contributed by atoms with Gasteiger partial charge in [0.05, 0.1) is 12.7 Å². The van der Waals surface area contributed by atoms with Crippen molar-refractivity contribution in [2.45, 2.75) is 6.92 Å². The van der Waals surface area contributed by atoms with Gasteiger partial charge in [-0.05, 0) is 29.8 Å². The first-order chi connectivity index (χ1) is 11.0. The summed E-state index contributed by atoms with van der Waals surface area (Å²) in [6.45, 7) is 1.29. The van der Waals surface area contributed by atoms with E-state index in [9.17, 15) is 14.7 Å². The molecule has 0 aliphatic heterocycles. The van der Waals surface area contributed by atoms with Crippen LogP contribution >= 0.6 is 0 Å². The highest BCUT2D eigenvalue weighted by molar-refractivity contribution is 6.20. The van der Waals surface area contributed by atoms with E-state index in [1.165, 1.54) is 20.1 Å². The highest BCUT2D eigenvalue weighted by Gasteiger charge is 2.13. The van der Waals surface area contributed by atoms with E-state index in [-0.39, 0.29) is 5.57 Å². The minimum atomic E-state index is -1.09. The number of hydrogen-bond acceptors (Lipinski definition) is 4. The molecule has 2 rings (SSSR count). The quantitative estimate of drug-likeness (QED) is 0.397. The molecule has 0 atom stereocenters. The zero-order valence-corrected chi connectivity index (χ0v) is 12.8. The van der Waals surface area contributed by atoms with E-state index in [2.05, 4.69) is 0 Å². The number of carboxylic acid groups (broad SMARTS) is 1. The lowest BCUT2D eigenvalue weighted by Gasteiger charge is -2.08. The van der Waals surface area contributed by atoms with Gasteiger partial charge in [0.2, 0.25) is 0 Å². The van der Waals surface area contributed by atoms with Crippen LogP contribution in [0, 0.1) is 0 Å². The maximum atomic E-state index is 11.6. The number of para-hydroxylation sites is 1. The molecule has 2 aromatic carbocycles. The Morgan fingerprint density at radius 3 is 2.48 bits per heavy atom. The molecule has 0 spiro atoms. The molecule has 0 aromatic heterocycles. The van der Waals surface area contributed by atoms with Gasteiger partial charge >= 0.3 is 11.9 Å². The third-order valence-corrected chi connectivity index (χ3v) is 3.08. The molecular formula is C18H16O5. The lowest BCUT2D eigenvalue weighted by atomic mass is 10.0. The molecule has 0 heterocycles. The molecule has 5 heteroatoms. The van der Waals surface area contributed by atoms with Gasteiger partial charge < -0.3 is 14.6 Å². The van der Waals surface area contributed by atoms with Crippen LogP contribution in [-0.2, 0) is 9.59 Å². The highest BCUT2D eigenvalue weighted by Crippen LogP contribution is 2.27. The van der Waals surface area contributed by atoms with Crippen molar-refractivity contribution in [2.24, 2.45) is 0 Å². The van der Waals surface area contributed by atoms with E-state index >= 15 is 0 Å². The number of carboxylic acids is 1. The van der Waals surface area contributed by atoms with Gasteiger partial charge in [-0.25, -0.2) is 4.79 Å². The molecule has 0 saturated carbocycles. The Labute approximate surface area is 133 Å². The molecule has 118 valence electrons. The number of rotatable bonds is 5. The first-order valence-electron chi connectivity index (χ1n) is 6.88. The number of carbonyl (C=O) groups is 2. The van der Waals surface area contributed by atoms with E-state index < -0.39 is 11.9 Å². The highest BCUT2D eigenvalue weighted by atomic mass is 16.5. The van der Waals surface area contributed by atoms with Gasteiger partial charge in [0, 0.05) is 12.5 Å². The topological polar surface area (TPSA) is 72.8 Å². The number of benzene rings is 2. The maximum absolute atomic E-state index is 11.6. The summed E-state index contributed by atoms with van der Waals surface area (Å²) < 4.78 is 10.2. The van der Waals surface area contributed by atoms with Crippen molar-refractivity contribution in [1.29, 1.82) is 0 Å². The van der Waals surface area contributed by atoms with E-state index in [4.69, 9.17) is 9.47 Å². The molecule has 0 fully saturated rings. The number of methoxy groups -OCH3 is 1. The van der Waals surface area contributed by atoms with E-state index in [0.717, 1.165) is 0 Å². The van der Waals surface area contributed by atoms with Gasteiger partial charge in [-0.15, -0.1) is 0 Å². The molecule has 0 aliphatic carbocycles.